The van der Waals surface area contributed by atoms with Gasteiger partial charge in [0.1, 0.15) is 6.33 Å². The van der Waals surface area contributed by atoms with Gasteiger partial charge in [0.25, 0.3) is 0 Å². The van der Waals surface area contributed by atoms with Crippen LogP contribution in [0, 0.1) is 0 Å². The summed E-state index contributed by atoms with van der Waals surface area (Å²) in [5, 5.41) is 0. The first-order chi connectivity index (χ1) is 7.42. The maximum atomic E-state index is 5.72. The van der Waals surface area contributed by atoms with E-state index in [1.165, 1.54) is 44.2 Å². The van der Waals surface area contributed by atoms with E-state index in [4.69, 9.17) is 5.73 Å². The summed E-state index contributed by atoms with van der Waals surface area (Å²) in [6.07, 6.45) is 11.5. The molecule has 0 amide bonds. The molecule has 0 spiro atoms. The van der Waals surface area contributed by atoms with Crippen molar-refractivity contribution < 1.29 is 0 Å². The Hall–Kier alpha value is -0.960. The number of hydrogen-bond acceptors (Lipinski definition) is 3. The Balaban J connectivity index is 2.18. The van der Waals surface area contributed by atoms with E-state index in [2.05, 4.69) is 9.97 Å². The molecule has 3 heteroatoms. The van der Waals surface area contributed by atoms with E-state index in [0.29, 0.717) is 12.5 Å². The van der Waals surface area contributed by atoms with Crippen molar-refractivity contribution in [1.29, 1.82) is 0 Å². The van der Waals surface area contributed by atoms with Crippen molar-refractivity contribution in [3.8, 4) is 0 Å². The Bertz CT molecular complexity index is 303. The number of hydrogen-bond donors (Lipinski definition) is 1. The minimum atomic E-state index is 0.562. The molecule has 0 atom stereocenters. The Morgan fingerprint density at radius 2 is 1.93 bits per heavy atom. The van der Waals surface area contributed by atoms with Crippen molar-refractivity contribution in [2.45, 2.75) is 51.0 Å². The van der Waals surface area contributed by atoms with Crippen LogP contribution in [0.25, 0.3) is 0 Å². The lowest BCUT2D eigenvalue weighted by Crippen LogP contribution is -2.09. The largest absolute Gasteiger partial charge is 0.326 e. The zero-order valence-corrected chi connectivity index (χ0v) is 9.15. The van der Waals surface area contributed by atoms with Crippen LogP contribution in [0.4, 0.5) is 0 Å². The fourth-order valence-electron chi connectivity index (χ4n) is 2.45. The molecule has 1 heterocycles. The quantitative estimate of drug-likeness (QED) is 0.754. The van der Waals surface area contributed by atoms with E-state index in [1.807, 2.05) is 6.20 Å². The van der Waals surface area contributed by atoms with Crippen molar-refractivity contribution in [2.75, 3.05) is 0 Å². The van der Waals surface area contributed by atoms with Crippen LogP contribution in [0.2, 0.25) is 0 Å². The third kappa shape index (κ3) is 2.53. The number of nitrogens with two attached hydrogens (primary N) is 1. The smallest absolute Gasteiger partial charge is 0.115 e. The molecule has 2 N–H and O–H groups in total. The lowest BCUT2D eigenvalue weighted by atomic mass is 9.93. The van der Waals surface area contributed by atoms with Crippen molar-refractivity contribution in [1.82, 2.24) is 9.97 Å². The Morgan fingerprint density at radius 1 is 1.20 bits per heavy atom. The molecule has 0 aliphatic heterocycles. The second-order valence-corrected chi connectivity index (χ2v) is 4.33. The van der Waals surface area contributed by atoms with E-state index in [-0.39, 0.29) is 0 Å². The molecule has 0 aromatic carbocycles. The average molecular weight is 205 g/mol. The summed E-state index contributed by atoms with van der Waals surface area (Å²) < 4.78 is 0. The average Bonchev–Trinajstić information content (AvgIpc) is 2.57. The molecule has 2 rings (SSSR count). The molecule has 1 aromatic heterocycles. The van der Waals surface area contributed by atoms with E-state index >= 15 is 0 Å². The Morgan fingerprint density at radius 3 is 2.60 bits per heavy atom. The van der Waals surface area contributed by atoms with Crippen LogP contribution in [0.5, 0.6) is 0 Å². The van der Waals surface area contributed by atoms with Gasteiger partial charge >= 0.3 is 0 Å². The van der Waals surface area contributed by atoms with Gasteiger partial charge in [-0.15, -0.1) is 0 Å². The van der Waals surface area contributed by atoms with Gasteiger partial charge in [-0.1, -0.05) is 25.7 Å². The molecule has 0 unspecified atom stereocenters. The molecular weight excluding hydrogens is 186 g/mol. The zero-order valence-electron chi connectivity index (χ0n) is 9.15. The van der Waals surface area contributed by atoms with Gasteiger partial charge in [0.15, 0.2) is 0 Å². The molecule has 1 fully saturated rings. The summed E-state index contributed by atoms with van der Waals surface area (Å²) in [6.45, 7) is 0.562. The van der Waals surface area contributed by atoms with Crippen LogP contribution in [0.1, 0.15) is 55.7 Å². The SMILES string of the molecule is NCc1cncnc1C1CCCCCC1. The van der Waals surface area contributed by atoms with Gasteiger partial charge < -0.3 is 5.73 Å². The molecule has 0 bridgehead atoms. The maximum Gasteiger partial charge on any atom is 0.115 e. The lowest BCUT2D eigenvalue weighted by molar-refractivity contribution is 0.569. The highest BCUT2D eigenvalue weighted by Gasteiger charge is 2.18. The van der Waals surface area contributed by atoms with Crippen LogP contribution >= 0.6 is 0 Å². The van der Waals surface area contributed by atoms with Crippen molar-refractivity contribution in [3.05, 3.63) is 23.8 Å². The second kappa shape index (κ2) is 5.21. The highest BCUT2D eigenvalue weighted by molar-refractivity contribution is 5.20. The maximum absolute atomic E-state index is 5.72. The van der Waals surface area contributed by atoms with Gasteiger partial charge in [0.2, 0.25) is 0 Å². The molecule has 0 radical (unpaired) electrons. The van der Waals surface area contributed by atoms with Crippen LogP contribution in [-0.2, 0) is 6.54 Å². The highest BCUT2D eigenvalue weighted by atomic mass is 14.8. The van der Waals surface area contributed by atoms with Crippen molar-refractivity contribution in [2.24, 2.45) is 5.73 Å². The third-order valence-electron chi connectivity index (χ3n) is 3.28. The summed E-state index contributed by atoms with van der Waals surface area (Å²) >= 11 is 0. The van der Waals surface area contributed by atoms with E-state index < -0.39 is 0 Å². The molecule has 82 valence electrons. The first kappa shape index (κ1) is 10.6. The van der Waals surface area contributed by atoms with Gasteiger partial charge in [0.05, 0.1) is 5.69 Å². The summed E-state index contributed by atoms with van der Waals surface area (Å²) in [5.74, 6) is 0.619. The topological polar surface area (TPSA) is 51.8 Å². The fourth-order valence-corrected chi connectivity index (χ4v) is 2.45. The predicted octanol–water partition coefficient (Wildman–Crippen LogP) is 2.37. The fraction of sp³-hybridized carbons (Fsp3) is 0.667. The predicted molar refractivity (Wildman–Crippen MR) is 60.4 cm³/mol. The normalized spacial score (nSPS) is 18.7. The molecule has 15 heavy (non-hydrogen) atoms. The first-order valence-corrected chi connectivity index (χ1v) is 5.90. The van der Waals surface area contributed by atoms with Crippen LogP contribution in [-0.4, -0.2) is 9.97 Å². The summed E-state index contributed by atoms with van der Waals surface area (Å²) in [7, 11) is 0. The van der Waals surface area contributed by atoms with Crippen LogP contribution in [0.3, 0.4) is 0 Å². The summed E-state index contributed by atoms with van der Waals surface area (Å²) in [5.41, 5.74) is 8.05. The van der Waals surface area contributed by atoms with E-state index in [1.54, 1.807) is 6.33 Å². The van der Waals surface area contributed by atoms with Crippen molar-refractivity contribution in [3.63, 3.8) is 0 Å². The number of aromatic nitrogens is 2. The highest BCUT2D eigenvalue weighted by Crippen LogP contribution is 2.31. The second-order valence-electron chi connectivity index (χ2n) is 4.33. The first-order valence-electron chi connectivity index (χ1n) is 5.90. The molecule has 1 aliphatic carbocycles. The minimum absolute atomic E-state index is 0.562. The van der Waals surface area contributed by atoms with Gasteiger partial charge in [0, 0.05) is 24.2 Å². The molecule has 0 saturated heterocycles. The number of rotatable bonds is 2. The number of nitrogens with zero attached hydrogens (tertiary/aromatic N) is 2. The monoisotopic (exact) mass is 205 g/mol. The van der Waals surface area contributed by atoms with Crippen LogP contribution in [0.15, 0.2) is 12.5 Å². The van der Waals surface area contributed by atoms with E-state index in [9.17, 15) is 0 Å². The lowest BCUT2D eigenvalue weighted by Gasteiger charge is -2.15. The van der Waals surface area contributed by atoms with E-state index in [0.717, 1.165) is 5.56 Å². The minimum Gasteiger partial charge on any atom is -0.326 e. The van der Waals surface area contributed by atoms with Gasteiger partial charge in [-0.2, -0.15) is 0 Å². The third-order valence-corrected chi connectivity index (χ3v) is 3.28. The summed E-state index contributed by atoms with van der Waals surface area (Å²) in [4.78, 5) is 8.47. The van der Waals surface area contributed by atoms with Gasteiger partial charge in [-0.25, -0.2) is 9.97 Å². The van der Waals surface area contributed by atoms with Crippen LogP contribution < -0.4 is 5.73 Å². The molecular formula is C12H19N3. The zero-order chi connectivity index (χ0) is 10.5. The van der Waals surface area contributed by atoms with Gasteiger partial charge in [-0.3, -0.25) is 0 Å². The molecule has 1 saturated carbocycles. The molecule has 1 aliphatic rings. The Labute approximate surface area is 91.1 Å². The summed E-state index contributed by atoms with van der Waals surface area (Å²) in [6, 6.07) is 0. The van der Waals surface area contributed by atoms with Crippen molar-refractivity contribution >= 4 is 0 Å². The molecule has 3 nitrogen and oxygen atoms in total. The standard InChI is InChI=1S/C12H19N3/c13-7-11-8-14-9-15-12(11)10-5-3-1-2-4-6-10/h8-10H,1-7,13H2. The Kier molecular flexibility index (Phi) is 3.67. The molecule has 1 aromatic rings. The van der Waals surface area contributed by atoms with Gasteiger partial charge in [-0.05, 0) is 12.8 Å².